The quantitative estimate of drug-likeness (QED) is 0.233. The summed E-state index contributed by atoms with van der Waals surface area (Å²) >= 11 is -2.07. The maximum atomic E-state index is 9.62. The summed E-state index contributed by atoms with van der Waals surface area (Å²) in [5, 5.41) is 1.02. The second-order valence-corrected chi connectivity index (χ2v) is 1.62. The molecule has 0 N–H and O–H groups in total. The molecule has 0 radical (unpaired) electrons. The van der Waals surface area contributed by atoms with E-state index in [1.165, 1.54) is 12.2 Å². The van der Waals surface area contributed by atoms with Crippen molar-refractivity contribution in [2.45, 2.75) is 0 Å². The van der Waals surface area contributed by atoms with Crippen molar-refractivity contribution in [1.29, 1.82) is 0 Å². The molecular formula is C4H5LiO2S. The van der Waals surface area contributed by atoms with E-state index in [-0.39, 0.29) is 18.9 Å². The van der Waals surface area contributed by atoms with Gasteiger partial charge in [-0.1, -0.05) is 18.7 Å². The van der Waals surface area contributed by atoms with Crippen molar-refractivity contribution < 1.29 is 27.6 Å². The molecule has 0 fully saturated rings. The molecule has 0 aromatic carbocycles. The summed E-state index contributed by atoms with van der Waals surface area (Å²) in [7, 11) is 0. The topological polar surface area (TPSA) is 40.1 Å². The third kappa shape index (κ3) is 9.50. The second kappa shape index (κ2) is 7.19. The first-order valence-electron chi connectivity index (χ1n) is 1.64. The zero-order valence-corrected chi connectivity index (χ0v) is 5.48. The Kier molecular flexibility index (Phi) is 9.93. The number of allylic oxidation sites excluding steroid dienone is 2. The third-order valence-corrected chi connectivity index (χ3v) is 0.705. The van der Waals surface area contributed by atoms with Gasteiger partial charge in [0.1, 0.15) is 0 Å². The Balaban J connectivity index is 0. The Morgan fingerprint density at radius 2 is 2.12 bits per heavy atom. The first-order valence-corrected chi connectivity index (χ1v) is 2.78. The molecule has 0 aromatic heterocycles. The normalized spacial score (nSPS) is 12.6. The van der Waals surface area contributed by atoms with E-state index in [1.807, 2.05) is 0 Å². The molecule has 40 valence electrons. The van der Waals surface area contributed by atoms with Gasteiger partial charge in [-0.15, -0.1) is 0 Å². The van der Waals surface area contributed by atoms with Crippen LogP contribution in [0.15, 0.2) is 24.1 Å². The fourth-order valence-electron chi connectivity index (χ4n) is 0.120. The molecule has 1 atom stereocenters. The van der Waals surface area contributed by atoms with Crippen LogP contribution in [0, 0.1) is 0 Å². The van der Waals surface area contributed by atoms with E-state index in [1.54, 1.807) is 0 Å². The van der Waals surface area contributed by atoms with Crippen molar-refractivity contribution in [3.63, 3.8) is 0 Å². The summed E-state index contributed by atoms with van der Waals surface area (Å²) in [5.74, 6) is 0. The van der Waals surface area contributed by atoms with E-state index < -0.39 is 11.1 Å². The van der Waals surface area contributed by atoms with Crippen LogP contribution >= 0.6 is 0 Å². The average Bonchev–Trinajstić information content (AvgIpc) is 1.61. The number of hydrogen-bond donors (Lipinski definition) is 0. The van der Waals surface area contributed by atoms with Crippen molar-refractivity contribution >= 4 is 11.1 Å². The Hall–Kier alpha value is 0.187. The predicted octanol–water partition coefficient (Wildman–Crippen LogP) is -2.43. The molecule has 0 saturated heterocycles. The Labute approximate surface area is 63.1 Å². The molecule has 0 saturated carbocycles. The zero-order chi connectivity index (χ0) is 5.70. The molecule has 8 heavy (non-hydrogen) atoms. The molecule has 0 aliphatic heterocycles. The first kappa shape index (κ1) is 11.0. The van der Waals surface area contributed by atoms with Crippen LogP contribution in [0.1, 0.15) is 0 Å². The largest absolute Gasteiger partial charge is 1.00 e. The van der Waals surface area contributed by atoms with E-state index in [4.69, 9.17) is 0 Å². The number of rotatable bonds is 2. The van der Waals surface area contributed by atoms with E-state index in [9.17, 15) is 8.76 Å². The standard InChI is InChI=1S/C4H6O2S.Li/c1-2-3-4-7(5)6;/h2-4H,1H2,(H,5,6);/q;+1/p-1/b4-3+;. The van der Waals surface area contributed by atoms with Crippen LogP contribution in [0.4, 0.5) is 0 Å². The average molecular weight is 124 g/mol. The number of hydrogen-bond acceptors (Lipinski definition) is 2. The van der Waals surface area contributed by atoms with Crippen LogP contribution in [0.25, 0.3) is 0 Å². The van der Waals surface area contributed by atoms with E-state index >= 15 is 0 Å². The molecule has 0 spiro atoms. The van der Waals surface area contributed by atoms with Crippen molar-refractivity contribution in [2.75, 3.05) is 0 Å². The van der Waals surface area contributed by atoms with Gasteiger partial charge in [0.2, 0.25) is 0 Å². The second-order valence-electron chi connectivity index (χ2n) is 0.825. The summed E-state index contributed by atoms with van der Waals surface area (Å²) in [6.45, 7) is 3.27. The molecule has 0 amide bonds. The van der Waals surface area contributed by atoms with Crippen molar-refractivity contribution in [1.82, 2.24) is 0 Å². The predicted molar refractivity (Wildman–Crippen MR) is 28.3 cm³/mol. The fraction of sp³-hybridized carbons (Fsp3) is 0. The van der Waals surface area contributed by atoms with Crippen LogP contribution in [0.3, 0.4) is 0 Å². The third-order valence-electron chi connectivity index (χ3n) is 0.326. The van der Waals surface area contributed by atoms with Crippen molar-refractivity contribution in [3.05, 3.63) is 24.1 Å². The van der Waals surface area contributed by atoms with Gasteiger partial charge in [-0.05, 0) is 16.5 Å². The maximum absolute atomic E-state index is 9.62. The van der Waals surface area contributed by atoms with Gasteiger partial charge in [-0.25, -0.2) is 0 Å². The van der Waals surface area contributed by atoms with Gasteiger partial charge in [0.25, 0.3) is 0 Å². The van der Waals surface area contributed by atoms with Gasteiger partial charge in [-0.3, -0.25) is 4.21 Å². The maximum Gasteiger partial charge on any atom is 1.00 e. The van der Waals surface area contributed by atoms with Gasteiger partial charge >= 0.3 is 18.9 Å². The summed E-state index contributed by atoms with van der Waals surface area (Å²) in [4.78, 5) is 0. The smallest absolute Gasteiger partial charge is 0.769 e. The van der Waals surface area contributed by atoms with E-state index in [0.29, 0.717) is 0 Å². The van der Waals surface area contributed by atoms with Crippen LogP contribution in [0.2, 0.25) is 0 Å². The van der Waals surface area contributed by atoms with Gasteiger partial charge in [0.15, 0.2) is 0 Å². The summed E-state index contributed by atoms with van der Waals surface area (Å²) in [6.07, 6.45) is 2.75. The van der Waals surface area contributed by atoms with E-state index in [0.717, 1.165) is 5.41 Å². The van der Waals surface area contributed by atoms with Crippen LogP contribution < -0.4 is 18.9 Å². The van der Waals surface area contributed by atoms with E-state index in [2.05, 4.69) is 6.58 Å². The summed E-state index contributed by atoms with van der Waals surface area (Å²) in [6, 6.07) is 0. The fourth-order valence-corrected chi connectivity index (χ4v) is 0.359. The van der Waals surface area contributed by atoms with Gasteiger partial charge in [0.05, 0.1) is 0 Å². The van der Waals surface area contributed by atoms with Crippen LogP contribution in [-0.2, 0) is 11.1 Å². The molecule has 0 bridgehead atoms. The molecule has 2 nitrogen and oxygen atoms in total. The summed E-state index contributed by atoms with van der Waals surface area (Å²) in [5.41, 5.74) is 0. The SMILES string of the molecule is C=C/C=C/S(=O)[O-].[Li+]. The molecule has 0 aliphatic rings. The molecule has 0 rings (SSSR count). The Morgan fingerprint density at radius 3 is 2.25 bits per heavy atom. The van der Waals surface area contributed by atoms with Crippen molar-refractivity contribution in [3.8, 4) is 0 Å². The minimum atomic E-state index is -2.07. The molecule has 1 unspecified atom stereocenters. The molecule has 4 heteroatoms. The van der Waals surface area contributed by atoms with Crippen LogP contribution in [-0.4, -0.2) is 8.76 Å². The zero-order valence-electron chi connectivity index (χ0n) is 4.66. The van der Waals surface area contributed by atoms with Crippen LogP contribution in [0.5, 0.6) is 0 Å². The Morgan fingerprint density at radius 1 is 1.62 bits per heavy atom. The molecule has 0 aliphatic carbocycles. The van der Waals surface area contributed by atoms with Crippen molar-refractivity contribution in [2.24, 2.45) is 0 Å². The minimum absolute atomic E-state index is 0. The monoisotopic (exact) mass is 124 g/mol. The van der Waals surface area contributed by atoms with Gasteiger partial charge in [0, 0.05) is 0 Å². The van der Waals surface area contributed by atoms with Gasteiger partial charge in [-0.2, -0.15) is 0 Å². The molecule has 0 aromatic rings. The first-order chi connectivity index (χ1) is 3.27. The minimum Gasteiger partial charge on any atom is -0.769 e. The summed E-state index contributed by atoms with van der Waals surface area (Å²) < 4.78 is 19.2. The Bertz CT molecular complexity index is 111. The van der Waals surface area contributed by atoms with Gasteiger partial charge < -0.3 is 4.55 Å². The molecular weight excluding hydrogens is 119 g/mol. The molecule has 0 heterocycles.